The van der Waals surface area contributed by atoms with Crippen LogP contribution >= 0.6 is 36.4 Å². The third-order valence-corrected chi connectivity index (χ3v) is 7.49. The summed E-state index contributed by atoms with van der Waals surface area (Å²) in [5, 5.41) is 4.44. The molecule has 1 aromatic heterocycles. The smallest absolute Gasteiger partial charge is 0.416 e. The van der Waals surface area contributed by atoms with Gasteiger partial charge in [0.05, 0.1) is 22.3 Å². The van der Waals surface area contributed by atoms with E-state index in [0.717, 1.165) is 54.6 Å². The first kappa shape index (κ1) is 33.3. The number of piperazine rings is 1. The molecule has 0 bridgehead atoms. The minimum absolute atomic E-state index is 0. The molecular formula is C30H30Cl3F3N4O2. The Labute approximate surface area is 259 Å². The number of carbonyl (C=O) groups excluding carboxylic acids is 1. The maximum atomic E-state index is 13.1. The van der Waals surface area contributed by atoms with Gasteiger partial charge in [-0.2, -0.15) is 13.2 Å². The molecule has 3 aromatic carbocycles. The van der Waals surface area contributed by atoms with Gasteiger partial charge in [-0.3, -0.25) is 9.88 Å². The quantitative estimate of drug-likeness (QED) is 0.208. The number of fused-ring (bicyclic) bond motifs is 1. The number of pyridine rings is 1. The van der Waals surface area contributed by atoms with Crippen LogP contribution < -0.4 is 10.2 Å². The van der Waals surface area contributed by atoms with E-state index in [2.05, 4.69) is 26.2 Å². The van der Waals surface area contributed by atoms with Crippen molar-refractivity contribution < 1.29 is 22.7 Å². The van der Waals surface area contributed by atoms with E-state index in [-0.39, 0.29) is 36.9 Å². The molecule has 12 heteroatoms. The first-order valence-corrected chi connectivity index (χ1v) is 13.3. The predicted molar refractivity (Wildman–Crippen MR) is 166 cm³/mol. The fraction of sp³-hybridized carbons (Fsp3) is 0.267. The number of esters is 1. The number of ether oxygens (including phenoxy) is 1. The number of nitrogens with one attached hydrogen (secondary N) is 1. The second-order valence-electron chi connectivity index (χ2n) is 9.61. The fourth-order valence-electron chi connectivity index (χ4n) is 4.84. The van der Waals surface area contributed by atoms with E-state index in [1.54, 1.807) is 30.3 Å². The Morgan fingerprint density at radius 3 is 2.45 bits per heavy atom. The second kappa shape index (κ2) is 14.3. The number of anilines is 3. The third kappa shape index (κ3) is 7.58. The molecule has 0 atom stereocenters. The SMILES string of the molecule is Cc1c(Cl)cccc1N1CCN(CCOC(=O)c2ccccc2Nc2ccnc3cc(C(F)(F)F)ccc23)CC1.Cl.Cl. The zero-order valence-corrected chi connectivity index (χ0v) is 25.0. The Kier molecular flexibility index (Phi) is 11.3. The van der Waals surface area contributed by atoms with E-state index in [1.165, 1.54) is 12.3 Å². The molecule has 0 amide bonds. The molecule has 224 valence electrons. The van der Waals surface area contributed by atoms with Gasteiger partial charge in [0.1, 0.15) is 6.61 Å². The summed E-state index contributed by atoms with van der Waals surface area (Å²) in [5.74, 6) is -0.478. The van der Waals surface area contributed by atoms with Gasteiger partial charge < -0.3 is 15.0 Å². The van der Waals surface area contributed by atoms with Crippen LogP contribution in [0.2, 0.25) is 5.02 Å². The van der Waals surface area contributed by atoms with E-state index in [1.807, 2.05) is 19.1 Å². The van der Waals surface area contributed by atoms with Crippen LogP contribution in [-0.2, 0) is 10.9 Å². The maximum Gasteiger partial charge on any atom is 0.416 e. The Bertz CT molecular complexity index is 1530. The lowest BCUT2D eigenvalue weighted by atomic mass is 10.1. The highest BCUT2D eigenvalue weighted by atomic mass is 35.5. The van der Waals surface area contributed by atoms with E-state index in [0.29, 0.717) is 28.9 Å². The Morgan fingerprint density at radius 1 is 0.976 bits per heavy atom. The molecule has 0 radical (unpaired) electrons. The molecule has 5 rings (SSSR count). The highest BCUT2D eigenvalue weighted by molar-refractivity contribution is 6.31. The molecule has 42 heavy (non-hydrogen) atoms. The number of rotatable bonds is 7. The van der Waals surface area contributed by atoms with Gasteiger partial charge >= 0.3 is 12.1 Å². The summed E-state index contributed by atoms with van der Waals surface area (Å²) < 4.78 is 45.0. The average Bonchev–Trinajstić information content (AvgIpc) is 2.94. The van der Waals surface area contributed by atoms with E-state index in [4.69, 9.17) is 16.3 Å². The molecule has 1 aliphatic rings. The maximum absolute atomic E-state index is 13.1. The monoisotopic (exact) mass is 640 g/mol. The minimum atomic E-state index is -4.46. The van der Waals surface area contributed by atoms with E-state index in [9.17, 15) is 18.0 Å². The number of benzene rings is 3. The Hall–Kier alpha value is -3.24. The van der Waals surface area contributed by atoms with E-state index >= 15 is 0 Å². The lowest BCUT2D eigenvalue weighted by molar-refractivity contribution is -0.137. The average molecular weight is 642 g/mol. The molecule has 1 N–H and O–H groups in total. The van der Waals surface area contributed by atoms with Gasteiger partial charge in [-0.25, -0.2) is 4.79 Å². The summed E-state index contributed by atoms with van der Waals surface area (Å²) in [4.78, 5) is 21.6. The molecule has 0 saturated carbocycles. The van der Waals surface area contributed by atoms with Crippen LogP contribution in [0.3, 0.4) is 0 Å². The topological polar surface area (TPSA) is 57.7 Å². The number of carbonyl (C=O) groups is 1. The largest absolute Gasteiger partial charge is 0.461 e. The van der Waals surface area contributed by atoms with Crippen molar-refractivity contribution in [3.63, 3.8) is 0 Å². The number of para-hydroxylation sites is 1. The summed E-state index contributed by atoms with van der Waals surface area (Å²) in [6.07, 6.45) is -3.03. The van der Waals surface area contributed by atoms with Gasteiger partial charge in [0.15, 0.2) is 0 Å². The minimum Gasteiger partial charge on any atom is -0.461 e. The van der Waals surface area contributed by atoms with E-state index < -0.39 is 17.7 Å². The zero-order valence-electron chi connectivity index (χ0n) is 22.7. The van der Waals surface area contributed by atoms with Gasteiger partial charge in [0, 0.05) is 60.7 Å². The molecule has 1 aliphatic heterocycles. The number of aromatic nitrogens is 1. The molecule has 2 heterocycles. The van der Waals surface area contributed by atoms with Crippen molar-refractivity contribution in [3.8, 4) is 0 Å². The van der Waals surface area contributed by atoms with Crippen LogP contribution in [0.5, 0.6) is 0 Å². The number of hydrogen-bond donors (Lipinski definition) is 1. The summed E-state index contributed by atoms with van der Waals surface area (Å²) >= 11 is 6.28. The normalized spacial score (nSPS) is 13.7. The van der Waals surface area contributed by atoms with Crippen LogP contribution in [0, 0.1) is 6.92 Å². The van der Waals surface area contributed by atoms with Gasteiger partial charge in [-0.15, -0.1) is 24.8 Å². The molecular weight excluding hydrogens is 612 g/mol. The van der Waals surface area contributed by atoms with Crippen molar-refractivity contribution in [1.29, 1.82) is 0 Å². The second-order valence-corrected chi connectivity index (χ2v) is 10.0. The number of alkyl halides is 3. The van der Waals surface area contributed by atoms with Crippen molar-refractivity contribution in [3.05, 3.63) is 94.6 Å². The summed E-state index contributed by atoms with van der Waals surface area (Å²) in [7, 11) is 0. The lowest BCUT2D eigenvalue weighted by Crippen LogP contribution is -2.47. The summed E-state index contributed by atoms with van der Waals surface area (Å²) in [6, 6.07) is 17.9. The Morgan fingerprint density at radius 2 is 1.71 bits per heavy atom. The van der Waals surface area contributed by atoms with Gasteiger partial charge in [-0.1, -0.05) is 35.9 Å². The van der Waals surface area contributed by atoms with Crippen LogP contribution in [0.1, 0.15) is 21.5 Å². The van der Waals surface area contributed by atoms with Gasteiger partial charge in [0.25, 0.3) is 0 Å². The lowest BCUT2D eigenvalue weighted by Gasteiger charge is -2.36. The van der Waals surface area contributed by atoms with Crippen LogP contribution in [-0.4, -0.2) is 55.2 Å². The van der Waals surface area contributed by atoms with Crippen molar-refractivity contribution in [1.82, 2.24) is 9.88 Å². The number of halogens is 6. The third-order valence-electron chi connectivity index (χ3n) is 7.08. The van der Waals surface area contributed by atoms with Crippen molar-refractivity contribution in [2.45, 2.75) is 13.1 Å². The standard InChI is InChI=1S/C30H28ClF3N4O2.2ClH/c1-20-24(31)6-4-8-28(20)38-15-13-37(14-16-38)17-18-40-29(39)23-5-2-3-7-25(23)36-26-11-12-35-27-19-21(30(32,33)34)9-10-22(26)27;;/h2-12,19H,13-18H2,1H3,(H,35,36);2*1H. The molecule has 1 saturated heterocycles. The molecule has 0 unspecified atom stereocenters. The fourth-order valence-corrected chi connectivity index (χ4v) is 5.01. The van der Waals surface area contributed by atoms with Gasteiger partial charge in [-0.05, 0) is 55.0 Å². The first-order valence-electron chi connectivity index (χ1n) is 12.9. The van der Waals surface area contributed by atoms with Crippen molar-refractivity contribution >= 4 is 70.3 Å². The highest BCUT2D eigenvalue weighted by Crippen LogP contribution is 2.34. The molecule has 4 aromatic rings. The molecule has 6 nitrogen and oxygen atoms in total. The highest BCUT2D eigenvalue weighted by Gasteiger charge is 2.30. The molecule has 1 fully saturated rings. The summed E-state index contributed by atoms with van der Waals surface area (Å²) in [6.45, 7) is 6.26. The zero-order chi connectivity index (χ0) is 28.3. The van der Waals surface area contributed by atoms with Crippen LogP contribution in [0.25, 0.3) is 10.9 Å². The summed E-state index contributed by atoms with van der Waals surface area (Å²) in [5.41, 5.74) is 3.01. The number of nitrogens with zero attached hydrogens (tertiary/aromatic N) is 3. The number of hydrogen-bond acceptors (Lipinski definition) is 6. The van der Waals surface area contributed by atoms with Crippen LogP contribution in [0.15, 0.2) is 72.9 Å². The van der Waals surface area contributed by atoms with Crippen molar-refractivity contribution in [2.75, 3.05) is 49.5 Å². The predicted octanol–water partition coefficient (Wildman–Crippen LogP) is 7.78. The Balaban J connectivity index is 0.00000242. The van der Waals surface area contributed by atoms with Crippen LogP contribution in [0.4, 0.5) is 30.2 Å². The first-order chi connectivity index (χ1) is 19.2. The van der Waals surface area contributed by atoms with Gasteiger partial charge in [0.2, 0.25) is 0 Å². The molecule has 0 spiro atoms. The molecule has 0 aliphatic carbocycles. The van der Waals surface area contributed by atoms with Crippen molar-refractivity contribution in [2.24, 2.45) is 0 Å².